The van der Waals surface area contributed by atoms with Crippen molar-refractivity contribution in [3.05, 3.63) is 21.4 Å². The first-order chi connectivity index (χ1) is 8.16. The van der Waals surface area contributed by atoms with Gasteiger partial charge in [-0.25, -0.2) is 9.97 Å². The first kappa shape index (κ1) is 12.0. The number of aromatic nitrogens is 2. The fourth-order valence-corrected chi connectivity index (χ4v) is 4.04. The number of alkyl halides is 2. The summed E-state index contributed by atoms with van der Waals surface area (Å²) in [6.45, 7) is 0. The van der Waals surface area contributed by atoms with Gasteiger partial charge >= 0.3 is 0 Å². The Bertz CT molecular complexity index is 580. The number of halogens is 3. The molecular formula is C11H9Cl3N2S. The van der Waals surface area contributed by atoms with Gasteiger partial charge in [-0.1, -0.05) is 34.8 Å². The van der Waals surface area contributed by atoms with Crippen molar-refractivity contribution in [3.8, 4) is 0 Å². The van der Waals surface area contributed by atoms with E-state index >= 15 is 0 Å². The van der Waals surface area contributed by atoms with E-state index in [1.54, 1.807) is 11.3 Å². The normalized spacial score (nSPS) is 15.5. The summed E-state index contributed by atoms with van der Waals surface area (Å²) in [4.78, 5) is 10.2. The zero-order chi connectivity index (χ0) is 12.0. The van der Waals surface area contributed by atoms with Gasteiger partial charge in [-0.3, -0.25) is 0 Å². The molecule has 0 aromatic carbocycles. The molecule has 0 spiro atoms. The summed E-state index contributed by atoms with van der Waals surface area (Å²) in [5, 5.41) is 1.49. The fraction of sp³-hybridized carbons (Fsp3) is 0.455. The maximum atomic E-state index is 6.22. The first-order valence-corrected chi connectivity index (χ1v) is 7.49. The molecule has 1 aliphatic rings. The van der Waals surface area contributed by atoms with Gasteiger partial charge in [-0.15, -0.1) is 11.3 Å². The summed E-state index contributed by atoms with van der Waals surface area (Å²) < 4.78 is 0. The average molecular weight is 308 g/mol. The van der Waals surface area contributed by atoms with Crippen LogP contribution in [0.3, 0.4) is 0 Å². The second kappa shape index (κ2) is 4.54. The van der Waals surface area contributed by atoms with Gasteiger partial charge in [-0.05, 0) is 31.2 Å². The monoisotopic (exact) mass is 306 g/mol. The molecule has 2 aromatic heterocycles. The van der Waals surface area contributed by atoms with Crippen LogP contribution in [-0.2, 0) is 12.8 Å². The number of nitrogens with zero attached hydrogens (tertiary/aromatic N) is 2. The van der Waals surface area contributed by atoms with E-state index in [4.69, 9.17) is 34.8 Å². The summed E-state index contributed by atoms with van der Waals surface area (Å²) in [5.41, 5.74) is 1.33. The molecule has 0 atom stereocenters. The highest BCUT2D eigenvalue weighted by Gasteiger charge is 2.21. The van der Waals surface area contributed by atoms with E-state index < -0.39 is 4.84 Å². The smallest absolute Gasteiger partial charge is 0.167 e. The van der Waals surface area contributed by atoms with Crippen molar-refractivity contribution in [1.29, 1.82) is 0 Å². The molecule has 0 bridgehead atoms. The minimum Gasteiger partial charge on any atom is -0.219 e. The lowest BCUT2D eigenvalue weighted by molar-refractivity contribution is 0.700. The molecule has 0 saturated heterocycles. The molecule has 1 aliphatic carbocycles. The van der Waals surface area contributed by atoms with E-state index in [-0.39, 0.29) is 0 Å². The Morgan fingerprint density at radius 3 is 2.65 bits per heavy atom. The lowest BCUT2D eigenvalue weighted by atomic mass is 9.97. The number of thiophene rings is 1. The molecule has 2 aromatic rings. The highest BCUT2D eigenvalue weighted by atomic mass is 35.5. The van der Waals surface area contributed by atoms with E-state index in [1.807, 2.05) is 0 Å². The van der Waals surface area contributed by atoms with E-state index in [0.717, 1.165) is 23.1 Å². The molecule has 0 aliphatic heterocycles. The summed E-state index contributed by atoms with van der Waals surface area (Å²) in [7, 11) is 0. The molecule has 0 unspecified atom stereocenters. The molecule has 2 heterocycles. The first-order valence-electron chi connectivity index (χ1n) is 5.42. The minimum absolute atomic E-state index is 0.393. The molecule has 0 amide bonds. The summed E-state index contributed by atoms with van der Waals surface area (Å²) in [6, 6.07) is 0. The van der Waals surface area contributed by atoms with Crippen LogP contribution < -0.4 is 0 Å². The molecule has 2 nitrogen and oxygen atoms in total. The lowest BCUT2D eigenvalue weighted by Gasteiger charge is -2.10. The van der Waals surface area contributed by atoms with Gasteiger partial charge < -0.3 is 0 Å². The Kier molecular flexibility index (Phi) is 3.20. The van der Waals surface area contributed by atoms with E-state index in [0.29, 0.717) is 11.0 Å². The van der Waals surface area contributed by atoms with Gasteiger partial charge in [0.15, 0.2) is 10.7 Å². The molecule has 17 heavy (non-hydrogen) atoms. The van der Waals surface area contributed by atoms with Gasteiger partial charge in [0.25, 0.3) is 0 Å². The number of rotatable bonds is 1. The predicted octanol–water partition coefficient (Wildman–Crippen LogP) is 4.70. The Morgan fingerprint density at radius 2 is 1.88 bits per heavy atom. The van der Waals surface area contributed by atoms with E-state index in [2.05, 4.69) is 9.97 Å². The molecule has 0 N–H and O–H groups in total. The molecule has 90 valence electrons. The van der Waals surface area contributed by atoms with Crippen molar-refractivity contribution in [1.82, 2.24) is 9.97 Å². The summed E-state index contributed by atoms with van der Waals surface area (Å²) >= 11 is 19.5. The maximum Gasteiger partial charge on any atom is 0.167 e. The zero-order valence-electron chi connectivity index (χ0n) is 8.84. The standard InChI is InChI=1S/C11H9Cl3N2S/c12-8(13)10-15-9(14)7-5-3-1-2-4-6(5)17-11(7)16-10/h8H,1-4H2. The largest absolute Gasteiger partial charge is 0.219 e. The van der Waals surface area contributed by atoms with Crippen molar-refractivity contribution in [2.24, 2.45) is 0 Å². The quantitative estimate of drug-likeness (QED) is 0.564. The van der Waals surface area contributed by atoms with E-state index in [1.165, 1.54) is 23.3 Å². The van der Waals surface area contributed by atoms with Crippen LogP contribution in [0.4, 0.5) is 0 Å². The third-order valence-electron chi connectivity index (χ3n) is 2.98. The third kappa shape index (κ3) is 2.03. The van der Waals surface area contributed by atoms with Crippen LogP contribution in [0.2, 0.25) is 5.15 Å². The van der Waals surface area contributed by atoms with Crippen LogP contribution in [0, 0.1) is 0 Å². The third-order valence-corrected chi connectivity index (χ3v) is 4.83. The van der Waals surface area contributed by atoms with Crippen molar-refractivity contribution in [3.63, 3.8) is 0 Å². The van der Waals surface area contributed by atoms with Crippen LogP contribution in [0.5, 0.6) is 0 Å². The Labute approximate surface area is 118 Å². The Morgan fingerprint density at radius 1 is 1.12 bits per heavy atom. The second-order valence-electron chi connectivity index (χ2n) is 4.06. The van der Waals surface area contributed by atoms with Crippen molar-refractivity contribution < 1.29 is 0 Å². The Hall–Kier alpha value is -0.0900. The van der Waals surface area contributed by atoms with Gasteiger partial charge in [0.05, 0.1) is 5.39 Å². The van der Waals surface area contributed by atoms with Gasteiger partial charge in [0.2, 0.25) is 0 Å². The van der Waals surface area contributed by atoms with Crippen LogP contribution >= 0.6 is 46.1 Å². The lowest BCUT2D eigenvalue weighted by Crippen LogP contribution is -1.99. The van der Waals surface area contributed by atoms with E-state index in [9.17, 15) is 0 Å². The fourth-order valence-electron chi connectivity index (χ4n) is 2.23. The van der Waals surface area contributed by atoms with Gasteiger partial charge in [-0.2, -0.15) is 0 Å². The number of aryl methyl sites for hydroxylation is 2. The molecule has 6 heteroatoms. The maximum absolute atomic E-state index is 6.22. The molecular weight excluding hydrogens is 299 g/mol. The number of fused-ring (bicyclic) bond motifs is 3. The minimum atomic E-state index is -0.726. The summed E-state index contributed by atoms with van der Waals surface area (Å²) in [6.07, 6.45) is 4.64. The SMILES string of the molecule is Clc1nc(C(Cl)Cl)nc2sc3c(c12)CCCC3. The van der Waals surface area contributed by atoms with Crippen molar-refractivity contribution >= 4 is 56.4 Å². The Balaban J connectivity index is 2.27. The number of hydrogen-bond donors (Lipinski definition) is 0. The predicted molar refractivity (Wildman–Crippen MR) is 73.5 cm³/mol. The molecule has 3 rings (SSSR count). The highest BCUT2D eigenvalue weighted by molar-refractivity contribution is 7.19. The average Bonchev–Trinajstić information content (AvgIpc) is 2.67. The summed E-state index contributed by atoms with van der Waals surface area (Å²) in [5.74, 6) is 0.393. The second-order valence-corrected chi connectivity index (χ2v) is 6.60. The highest BCUT2D eigenvalue weighted by Crippen LogP contribution is 2.39. The zero-order valence-corrected chi connectivity index (χ0v) is 11.9. The molecule has 0 fully saturated rings. The van der Waals surface area contributed by atoms with Crippen LogP contribution in [-0.4, -0.2) is 9.97 Å². The van der Waals surface area contributed by atoms with Crippen LogP contribution in [0.1, 0.15) is 33.9 Å². The van der Waals surface area contributed by atoms with Gasteiger partial charge in [0.1, 0.15) is 9.98 Å². The topological polar surface area (TPSA) is 25.8 Å². The van der Waals surface area contributed by atoms with Crippen molar-refractivity contribution in [2.45, 2.75) is 30.5 Å². The van der Waals surface area contributed by atoms with Crippen LogP contribution in [0.25, 0.3) is 10.2 Å². The van der Waals surface area contributed by atoms with Crippen molar-refractivity contribution in [2.75, 3.05) is 0 Å². The molecule has 0 saturated carbocycles. The van der Waals surface area contributed by atoms with Gasteiger partial charge in [0, 0.05) is 4.88 Å². The number of hydrogen-bond acceptors (Lipinski definition) is 3. The molecule has 0 radical (unpaired) electrons. The van der Waals surface area contributed by atoms with Crippen LogP contribution in [0.15, 0.2) is 0 Å².